The van der Waals surface area contributed by atoms with Gasteiger partial charge in [-0.3, -0.25) is 0 Å². The van der Waals surface area contributed by atoms with Gasteiger partial charge in [0.1, 0.15) is 0 Å². The highest BCUT2D eigenvalue weighted by atomic mass is 79.9. The summed E-state index contributed by atoms with van der Waals surface area (Å²) in [6, 6.07) is 6.50. The molecule has 0 saturated heterocycles. The third-order valence-corrected chi connectivity index (χ3v) is 4.42. The Morgan fingerprint density at radius 3 is 2.32 bits per heavy atom. The van der Waals surface area contributed by atoms with Crippen LogP contribution in [0.5, 0.6) is 0 Å². The first kappa shape index (κ1) is 14.7. The number of hydrogen-bond donors (Lipinski definition) is 2. The maximum atomic E-state index is 6.06. The summed E-state index contributed by atoms with van der Waals surface area (Å²) in [5.41, 5.74) is 8.71. The zero-order valence-electron chi connectivity index (χ0n) is 12.4. The molecule has 1 saturated carbocycles. The van der Waals surface area contributed by atoms with Gasteiger partial charge in [0.2, 0.25) is 0 Å². The van der Waals surface area contributed by atoms with Crippen molar-refractivity contribution in [2.45, 2.75) is 53.0 Å². The molecule has 3 N–H and O–H groups in total. The van der Waals surface area contributed by atoms with E-state index in [4.69, 9.17) is 5.73 Å². The minimum absolute atomic E-state index is 0.389. The van der Waals surface area contributed by atoms with Crippen LogP contribution in [0.25, 0.3) is 0 Å². The molecule has 0 heterocycles. The maximum absolute atomic E-state index is 6.06. The minimum atomic E-state index is 0.389. The van der Waals surface area contributed by atoms with Crippen LogP contribution in [0, 0.1) is 10.8 Å². The highest BCUT2D eigenvalue weighted by Crippen LogP contribution is 2.46. The lowest BCUT2D eigenvalue weighted by molar-refractivity contribution is 0.105. The molecule has 0 aromatic heterocycles. The van der Waals surface area contributed by atoms with Gasteiger partial charge >= 0.3 is 0 Å². The van der Waals surface area contributed by atoms with Crippen molar-refractivity contribution in [3.05, 3.63) is 22.7 Å². The van der Waals surface area contributed by atoms with Gasteiger partial charge in [0.15, 0.2) is 0 Å². The highest BCUT2D eigenvalue weighted by molar-refractivity contribution is 9.10. The Labute approximate surface area is 125 Å². The second kappa shape index (κ2) is 5.01. The Morgan fingerprint density at radius 1 is 1.16 bits per heavy atom. The number of nitrogens with two attached hydrogens (primary N) is 1. The molecule has 3 heteroatoms. The molecular formula is C16H25BrN2. The lowest BCUT2D eigenvalue weighted by atomic mass is 9.63. The molecule has 1 fully saturated rings. The number of halogens is 1. The molecule has 0 spiro atoms. The Balaban J connectivity index is 2.16. The molecule has 0 aliphatic heterocycles. The van der Waals surface area contributed by atoms with E-state index in [-0.39, 0.29) is 0 Å². The third-order valence-electron chi connectivity index (χ3n) is 3.93. The molecular weight excluding hydrogens is 300 g/mol. The summed E-state index contributed by atoms with van der Waals surface area (Å²) in [7, 11) is 0. The zero-order chi connectivity index (χ0) is 14.3. The first-order valence-corrected chi connectivity index (χ1v) is 7.78. The van der Waals surface area contributed by atoms with E-state index in [0.717, 1.165) is 15.8 Å². The summed E-state index contributed by atoms with van der Waals surface area (Å²) in [6.07, 6.45) is 3.68. The van der Waals surface area contributed by atoms with Crippen molar-refractivity contribution in [2.24, 2.45) is 10.8 Å². The monoisotopic (exact) mass is 324 g/mol. The standard InChI is InChI=1S/C16H25BrN2/c1-15(2)8-12(9-16(3,4)10-15)19-14-7-11(17)5-6-13(14)18/h5-7,12,19H,8-10,18H2,1-4H3. The van der Waals surface area contributed by atoms with E-state index >= 15 is 0 Å². The molecule has 0 radical (unpaired) electrons. The third kappa shape index (κ3) is 3.88. The topological polar surface area (TPSA) is 38.0 Å². The van der Waals surface area contributed by atoms with Gasteiger partial charge in [-0.05, 0) is 48.3 Å². The minimum Gasteiger partial charge on any atom is -0.397 e. The molecule has 1 aromatic carbocycles. The first-order valence-electron chi connectivity index (χ1n) is 6.99. The van der Waals surface area contributed by atoms with Crippen LogP contribution in [0.15, 0.2) is 22.7 Å². The smallest absolute Gasteiger partial charge is 0.0587 e. The van der Waals surface area contributed by atoms with Crippen molar-refractivity contribution in [1.82, 2.24) is 0 Å². The van der Waals surface area contributed by atoms with Gasteiger partial charge in [-0.1, -0.05) is 43.6 Å². The van der Waals surface area contributed by atoms with Gasteiger partial charge in [-0.2, -0.15) is 0 Å². The summed E-state index contributed by atoms with van der Waals surface area (Å²) in [4.78, 5) is 0. The van der Waals surface area contributed by atoms with E-state index in [1.54, 1.807) is 0 Å². The van der Waals surface area contributed by atoms with E-state index < -0.39 is 0 Å². The molecule has 1 aromatic rings. The number of nitrogens with one attached hydrogen (secondary N) is 1. The molecule has 1 aliphatic carbocycles. The van der Waals surface area contributed by atoms with E-state index in [2.05, 4.69) is 55.0 Å². The van der Waals surface area contributed by atoms with Gasteiger partial charge in [0.25, 0.3) is 0 Å². The zero-order valence-corrected chi connectivity index (χ0v) is 14.0. The Hall–Kier alpha value is -0.700. The average Bonchev–Trinajstić information content (AvgIpc) is 2.18. The van der Waals surface area contributed by atoms with E-state index in [1.807, 2.05) is 12.1 Å². The quantitative estimate of drug-likeness (QED) is 0.747. The fraction of sp³-hybridized carbons (Fsp3) is 0.625. The largest absolute Gasteiger partial charge is 0.397 e. The molecule has 2 nitrogen and oxygen atoms in total. The number of nitrogen functional groups attached to an aromatic ring is 1. The first-order chi connectivity index (χ1) is 8.67. The van der Waals surface area contributed by atoms with Crippen molar-refractivity contribution in [2.75, 3.05) is 11.1 Å². The fourth-order valence-electron chi connectivity index (χ4n) is 3.82. The Kier molecular flexibility index (Phi) is 3.87. The average molecular weight is 325 g/mol. The molecule has 0 atom stereocenters. The summed E-state index contributed by atoms with van der Waals surface area (Å²) in [6.45, 7) is 9.47. The maximum Gasteiger partial charge on any atom is 0.0587 e. The van der Waals surface area contributed by atoms with Crippen LogP contribution in [0.3, 0.4) is 0 Å². The van der Waals surface area contributed by atoms with Crippen molar-refractivity contribution in [1.29, 1.82) is 0 Å². The van der Waals surface area contributed by atoms with Gasteiger partial charge in [0, 0.05) is 10.5 Å². The van der Waals surface area contributed by atoms with Crippen LogP contribution in [-0.4, -0.2) is 6.04 Å². The summed E-state index contributed by atoms with van der Waals surface area (Å²) >= 11 is 3.51. The molecule has 19 heavy (non-hydrogen) atoms. The van der Waals surface area contributed by atoms with E-state index in [0.29, 0.717) is 16.9 Å². The predicted molar refractivity (Wildman–Crippen MR) is 87.4 cm³/mol. The van der Waals surface area contributed by atoms with Gasteiger partial charge < -0.3 is 11.1 Å². The van der Waals surface area contributed by atoms with E-state index in [1.165, 1.54) is 19.3 Å². The van der Waals surface area contributed by atoms with E-state index in [9.17, 15) is 0 Å². The Bertz CT molecular complexity index is 450. The molecule has 2 rings (SSSR count). The highest BCUT2D eigenvalue weighted by Gasteiger charge is 2.38. The van der Waals surface area contributed by atoms with Gasteiger partial charge in [-0.15, -0.1) is 0 Å². The van der Waals surface area contributed by atoms with Crippen molar-refractivity contribution < 1.29 is 0 Å². The van der Waals surface area contributed by atoms with Crippen molar-refractivity contribution in [3.8, 4) is 0 Å². The van der Waals surface area contributed by atoms with Crippen LogP contribution in [0.1, 0.15) is 47.0 Å². The lowest BCUT2D eigenvalue weighted by Crippen LogP contribution is -2.40. The fourth-order valence-corrected chi connectivity index (χ4v) is 4.18. The van der Waals surface area contributed by atoms with Crippen LogP contribution in [0.2, 0.25) is 0 Å². The normalized spacial score (nSPS) is 22.2. The summed E-state index contributed by atoms with van der Waals surface area (Å²) in [5.74, 6) is 0. The molecule has 106 valence electrons. The molecule has 1 aliphatic rings. The van der Waals surface area contributed by atoms with Crippen LogP contribution in [0.4, 0.5) is 11.4 Å². The predicted octanol–water partition coefficient (Wildman–Crippen LogP) is 5.05. The number of rotatable bonds is 2. The summed E-state index contributed by atoms with van der Waals surface area (Å²) < 4.78 is 1.07. The van der Waals surface area contributed by atoms with Gasteiger partial charge in [0.05, 0.1) is 11.4 Å². The summed E-state index contributed by atoms with van der Waals surface area (Å²) in [5, 5.41) is 3.65. The second-order valence-electron chi connectivity index (χ2n) is 7.49. The van der Waals surface area contributed by atoms with Crippen molar-refractivity contribution in [3.63, 3.8) is 0 Å². The molecule has 0 bridgehead atoms. The number of anilines is 2. The molecule has 0 amide bonds. The van der Waals surface area contributed by atoms with Crippen LogP contribution in [-0.2, 0) is 0 Å². The van der Waals surface area contributed by atoms with Crippen LogP contribution >= 0.6 is 15.9 Å². The van der Waals surface area contributed by atoms with Gasteiger partial charge in [-0.25, -0.2) is 0 Å². The number of hydrogen-bond acceptors (Lipinski definition) is 2. The second-order valence-corrected chi connectivity index (χ2v) is 8.40. The SMILES string of the molecule is CC1(C)CC(Nc2cc(Br)ccc2N)CC(C)(C)C1. The van der Waals surface area contributed by atoms with Crippen molar-refractivity contribution >= 4 is 27.3 Å². The lowest BCUT2D eigenvalue weighted by Gasteiger charge is -2.45. The number of benzene rings is 1. The Morgan fingerprint density at radius 2 is 1.74 bits per heavy atom. The molecule has 0 unspecified atom stereocenters. The van der Waals surface area contributed by atoms with Crippen LogP contribution < -0.4 is 11.1 Å².